The van der Waals surface area contributed by atoms with Gasteiger partial charge in [0.25, 0.3) is 5.91 Å². The first kappa shape index (κ1) is 18.9. The Kier molecular flexibility index (Phi) is 8.26. The number of likely N-dealkylation sites (tertiary alicyclic amines) is 1. The fraction of sp³-hybridized carbons (Fsp3) is 0.650. The Labute approximate surface area is 146 Å². The van der Waals surface area contributed by atoms with Crippen LogP contribution in [0.1, 0.15) is 61.9 Å². The van der Waals surface area contributed by atoms with E-state index in [1.165, 1.54) is 44.3 Å². The molecule has 1 aliphatic rings. The summed E-state index contributed by atoms with van der Waals surface area (Å²) in [6, 6.07) is 8.05. The average molecular weight is 332 g/mol. The summed E-state index contributed by atoms with van der Waals surface area (Å²) < 4.78 is 5.47. The molecule has 2 rings (SSSR count). The number of carbonyl (C=O) groups is 1. The van der Waals surface area contributed by atoms with E-state index >= 15 is 0 Å². The van der Waals surface area contributed by atoms with Crippen molar-refractivity contribution in [3.05, 3.63) is 35.4 Å². The predicted molar refractivity (Wildman–Crippen MR) is 98.2 cm³/mol. The van der Waals surface area contributed by atoms with Crippen molar-refractivity contribution < 1.29 is 9.53 Å². The lowest BCUT2D eigenvalue weighted by Crippen LogP contribution is -2.26. The minimum absolute atomic E-state index is 0.000805. The second-order valence-electron chi connectivity index (χ2n) is 6.92. The zero-order valence-electron chi connectivity index (χ0n) is 15.2. The van der Waals surface area contributed by atoms with E-state index in [2.05, 4.69) is 22.3 Å². The molecular formula is C20H32N2O2. The molecule has 1 saturated heterocycles. The van der Waals surface area contributed by atoms with Crippen molar-refractivity contribution in [3.63, 3.8) is 0 Å². The van der Waals surface area contributed by atoms with Crippen LogP contribution in [0.4, 0.5) is 0 Å². The molecular weight excluding hydrogens is 300 g/mol. The molecule has 134 valence electrons. The van der Waals surface area contributed by atoms with Gasteiger partial charge in [-0.2, -0.15) is 0 Å². The summed E-state index contributed by atoms with van der Waals surface area (Å²) in [7, 11) is 0. The molecule has 4 nitrogen and oxygen atoms in total. The molecule has 1 amide bonds. The normalized spacial score (nSPS) is 16.1. The van der Waals surface area contributed by atoms with Gasteiger partial charge < -0.3 is 10.1 Å². The first-order valence-corrected chi connectivity index (χ1v) is 9.36. The van der Waals surface area contributed by atoms with Crippen LogP contribution in [-0.2, 0) is 11.3 Å². The van der Waals surface area contributed by atoms with Crippen molar-refractivity contribution in [2.75, 3.05) is 26.2 Å². The molecule has 24 heavy (non-hydrogen) atoms. The molecule has 1 N–H and O–H groups in total. The van der Waals surface area contributed by atoms with E-state index in [0.29, 0.717) is 13.2 Å². The summed E-state index contributed by atoms with van der Waals surface area (Å²) >= 11 is 0. The molecule has 4 heteroatoms. The fourth-order valence-corrected chi connectivity index (χ4v) is 3.01. The van der Waals surface area contributed by atoms with E-state index < -0.39 is 0 Å². The van der Waals surface area contributed by atoms with E-state index in [9.17, 15) is 4.79 Å². The van der Waals surface area contributed by atoms with Gasteiger partial charge in [0, 0.05) is 25.3 Å². The highest BCUT2D eigenvalue weighted by Gasteiger charge is 2.10. The number of nitrogens with zero attached hydrogens (tertiary/aromatic N) is 1. The number of rotatable bonds is 8. The van der Waals surface area contributed by atoms with Gasteiger partial charge >= 0.3 is 0 Å². The molecule has 1 fully saturated rings. The van der Waals surface area contributed by atoms with Crippen LogP contribution in [0, 0.1) is 0 Å². The monoisotopic (exact) mass is 332 g/mol. The molecule has 0 aromatic heterocycles. The van der Waals surface area contributed by atoms with Gasteiger partial charge in [-0.3, -0.25) is 9.69 Å². The fourth-order valence-electron chi connectivity index (χ4n) is 3.01. The van der Waals surface area contributed by atoms with E-state index in [1.807, 2.05) is 26.0 Å². The molecule has 1 aromatic rings. The second kappa shape index (κ2) is 10.5. The van der Waals surface area contributed by atoms with Crippen molar-refractivity contribution in [2.45, 2.75) is 58.6 Å². The third-order valence-corrected chi connectivity index (χ3v) is 4.38. The predicted octanol–water partition coefficient (Wildman–Crippen LogP) is 3.61. The van der Waals surface area contributed by atoms with Gasteiger partial charge in [0.15, 0.2) is 0 Å². The molecule has 1 heterocycles. The summed E-state index contributed by atoms with van der Waals surface area (Å²) in [4.78, 5) is 14.7. The minimum Gasteiger partial charge on any atom is -0.379 e. The van der Waals surface area contributed by atoms with Crippen LogP contribution in [0.25, 0.3) is 0 Å². The molecule has 0 bridgehead atoms. The Morgan fingerprint density at radius 2 is 1.79 bits per heavy atom. The lowest BCUT2D eigenvalue weighted by atomic mass is 10.1. The number of hydrogen-bond donors (Lipinski definition) is 1. The molecule has 0 unspecified atom stereocenters. The van der Waals surface area contributed by atoms with Crippen LogP contribution in [-0.4, -0.2) is 43.2 Å². The highest BCUT2D eigenvalue weighted by atomic mass is 16.5. The third-order valence-electron chi connectivity index (χ3n) is 4.38. The maximum atomic E-state index is 12.1. The van der Waals surface area contributed by atoms with E-state index in [1.54, 1.807) is 0 Å². The van der Waals surface area contributed by atoms with E-state index in [-0.39, 0.29) is 12.0 Å². The molecule has 0 saturated carbocycles. The second-order valence-corrected chi connectivity index (χ2v) is 6.92. The summed E-state index contributed by atoms with van der Waals surface area (Å²) in [6.45, 7) is 8.77. The third kappa shape index (κ3) is 7.02. The van der Waals surface area contributed by atoms with Crippen molar-refractivity contribution in [3.8, 4) is 0 Å². The SMILES string of the molecule is CC(C)OCCCNC(=O)c1ccc(CN2CCCCCC2)cc1. The lowest BCUT2D eigenvalue weighted by Gasteiger charge is -2.19. The molecule has 0 radical (unpaired) electrons. The Balaban J connectivity index is 1.73. The number of amides is 1. The van der Waals surface area contributed by atoms with Gasteiger partial charge in [0.2, 0.25) is 0 Å². The van der Waals surface area contributed by atoms with Gasteiger partial charge in [0.1, 0.15) is 0 Å². The highest BCUT2D eigenvalue weighted by molar-refractivity contribution is 5.94. The first-order valence-electron chi connectivity index (χ1n) is 9.36. The highest BCUT2D eigenvalue weighted by Crippen LogP contribution is 2.14. The van der Waals surface area contributed by atoms with Crippen molar-refractivity contribution >= 4 is 5.91 Å². The Bertz CT molecular complexity index is 477. The van der Waals surface area contributed by atoms with Crippen LogP contribution in [0.5, 0.6) is 0 Å². The van der Waals surface area contributed by atoms with Gasteiger partial charge in [-0.05, 0) is 63.9 Å². The largest absolute Gasteiger partial charge is 0.379 e. The van der Waals surface area contributed by atoms with Crippen LogP contribution >= 0.6 is 0 Å². The summed E-state index contributed by atoms with van der Waals surface area (Å²) in [5.74, 6) is 0.000805. The number of hydrogen-bond acceptors (Lipinski definition) is 3. The maximum Gasteiger partial charge on any atom is 0.251 e. The number of nitrogens with one attached hydrogen (secondary N) is 1. The van der Waals surface area contributed by atoms with E-state index in [4.69, 9.17) is 4.74 Å². The van der Waals surface area contributed by atoms with Crippen LogP contribution in [0.15, 0.2) is 24.3 Å². The Morgan fingerprint density at radius 1 is 1.12 bits per heavy atom. The smallest absolute Gasteiger partial charge is 0.251 e. The average Bonchev–Trinajstić information content (AvgIpc) is 2.83. The summed E-state index contributed by atoms with van der Waals surface area (Å²) in [5, 5.41) is 2.95. The zero-order valence-corrected chi connectivity index (χ0v) is 15.2. The molecule has 0 spiro atoms. The summed E-state index contributed by atoms with van der Waals surface area (Å²) in [5.41, 5.74) is 2.03. The molecule has 1 aromatic carbocycles. The quantitative estimate of drug-likeness (QED) is 0.740. The molecule has 0 aliphatic carbocycles. The van der Waals surface area contributed by atoms with Crippen molar-refractivity contribution in [1.82, 2.24) is 10.2 Å². The van der Waals surface area contributed by atoms with Crippen LogP contribution < -0.4 is 5.32 Å². The molecule has 0 atom stereocenters. The van der Waals surface area contributed by atoms with Crippen molar-refractivity contribution in [1.29, 1.82) is 0 Å². The van der Waals surface area contributed by atoms with E-state index in [0.717, 1.165) is 18.5 Å². The van der Waals surface area contributed by atoms with Crippen LogP contribution in [0.3, 0.4) is 0 Å². The number of benzene rings is 1. The standard InChI is InChI=1S/C20H32N2O2/c1-17(2)24-15-7-12-21-20(23)19-10-8-18(9-11-19)16-22-13-5-3-4-6-14-22/h8-11,17H,3-7,12-16H2,1-2H3,(H,21,23). The Hall–Kier alpha value is -1.39. The van der Waals surface area contributed by atoms with Crippen molar-refractivity contribution in [2.24, 2.45) is 0 Å². The maximum absolute atomic E-state index is 12.1. The Morgan fingerprint density at radius 3 is 2.42 bits per heavy atom. The van der Waals surface area contributed by atoms with Gasteiger partial charge in [-0.1, -0.05) is 25.0 Å². The van der Waals surface area contributed by atoms with Gasteiger partial charge in [0.05, 0.1) is 6.10 Å². The summed E-state index contributed by atoms with van der Waals surface area (Å²) in [6.07, 6.45) is 6.42. The number of ether oxygens (including phenoxy) is 1. The topological polar surface area (TPSA) is 41.6 Å². The van der Waals surface area contributed by atoms with Gasteiger partial charge in [-0.15, -0.1) is 0 Å². The first-order chi connectivity index (χ1) is 11.6. The lowest BCUT2D eigenvalue weighted by molar-refractivity contribution is 0.0757. The number of carbonyl (C=O) groups excluding carboxylic acids is 1. The molecule has 1 aliphatic heterocycles. The minimum atomic E-state index is 0.000805. The van der Waals surface area contributed by atoms with Gasteiger partial charge in [-0.25, -0.2) is 0 Å². The zero-order chi connectivity index (χ0) is 17.2. The van der Waals surface area contributed by atoms with Crippen LogP contribution in [0.2, 0.25) is 0 Å².